The van der Waals surface area contributed by atoms with Crippen LogP contribution in [0.3, 0.4) is 0 Å². The highest BCUT2D eigenvalue weighted by Gasteiger charge is 2.14. The molecular weight excluding hydrogens is 381 g/mol. The fourth-order valence-electron chi connectivity index (χ4n) is 2.81. The molecule has 144 valence electrons. The zero-order valence-corrected chi connectivity index (χ0v) is 16.2. The monoisotopic (exact) mass is 399 g/mol. The molecule has 0 amide bonds. The molecule has 2 aromatic carbocycles. The highest BCUT2D eigenvalue weighted by molar-refractivity contribution is 7.32. The van der Waals surface area contributed by atoms with Gasteiger partial charge in [-0.25, -0.2) is 4.68 Å². The molecule has 0 saturated carbocycles. The maximum absolute atomic E-state index is 10.6. The number of hydrogen-bond donors (Lipinski definition) is 1. The number of rotatable bonds is 6. The van der Waals surface area contributed by atoms with Gasteiger partial charge in [0.25, 0.3) is 5.89 Å². The molecule has 1 atom stereocenters. The highest BCUT2D eigenvalue weighted by atomic mass is 31.1. The minimum absolute atomic E-state index is 0.0726. The Morgan fingerprint density at radius 3 is 2.64 bits per heavy atom. The van der Waals surface area contributed by atoms with Gasteiger partial charge in [0.15, 0.2) is 0 Å². The maximum atomic E-state index is 10.6. The first-order chi connectivity index (χ1) is 13.5. The van der Waals surface area contributed by atoms with E-state index < -0.39 is 8.25 Å². The third kappa shape index (κ3) is 3.73. The van der Waals surface area contributed by atoms with Crippen molar-refractivity contribution in [2.24, 2.45) is 0 Å². The maximum Gasteiger partial charge on any atom is 0.316 e. The van der Waals surface area contributed by atoms with Crippen molar-refractivity contribution < 1.29 is 18.5 Å². The Balaban J connectivity index is 1.57. The van der Waals surface area contributed by atoms with Crippen LogP contribution in [0.2, 0.25) is 0 Å². The van der Waals surface area contributed by atoms with Crippen molar-refractivity contribution in [1.29, 1.82) is 0 Å². The van der Waals surface area contributed by atoms with Gasteiger partial charge in [0.1, 0.15) is 5.52 Å². The van der Waals surface area contributed by atoms with Gasteiger partial charge < -0.3 is 13.9 Å². The molecule has 0 aliphatic heterocycles. The van der Waals surface area contributed by atoms with Crippen LogP contribution in [0.25, 0.3) is 33.9 Å². The summed E-state index contributed by atoms with van der Waals surface area (Å²) in [5.74, 6) is 0.839. The molecule has 1 N–H and O–H groups in total. The highest BCUT2D eigenvalue weighted by Crippen LogP contribution is 2.26. The van der Waals surface area contributed by atoms with Gasteiger partial charge in [-0.15, -0.1) is 5.10 Å². The Labute approximate surface area is 160 Å². The number of fused-ring (bicyclic) bond motifs is 1. The topological polar surface area (TPSA) is 116 Å². The molecule has 0 fully saturated rings. The van der Waals surface area contributed by atoms with E-state index >= 15 is 0 Å². The van der Waals surface area contributed by atoms with E-state index in [-0.39, 0.29) is 12.6 Å². The lowest BCUT2D eigenvalue weighted by molar-refractivity contribution is 0.272. The van der Waals surface area contributed by atoms with Crippen LogP contribution in [0.15, 0.2) is 47.0 Å². The number of benzene rings is 2. The Morgan fingerprint density at radius 2 is 1.93 bits per heavy atom. The average molecular weight is 399 g/mol. The van der Waals surface area contributed by atoms with Crippen LogP contribution in [-0.4, -0.2) is 30.0 Å². The lowest BCUT2D eigenvalue weighted by Gasteiger charge is -2.04. The summed E-state index contributed by atoms with van der Waals surface area (Å²) in [5, 5.41) is 12.4. The molecule has 4 rings (SSSR count). The van der Waals surface area contributed by atoms with Gasteiger partial charge in [-0.2, -0.15) is 4.98 Å². The Hall–Kier alpha value is -2.87. The van der Waals surface area contributed by atoms with Gasteiger partial charge in [-0.05, 0) is 37.6 Å². The third-order valence-corrected chi connectivity index (χ3v) is 4.60. The fraction of sp³-hybridized carbons (Fsp3) is 0.222. The van der Waals surface area contributed by atoms with E-state index in [9.17, 15) is 4.57 Å². The molecule has 10 heteroatoms. The molecule has 0 saturated heterocycles. The van der Waals surface area contributed by atoms with E-state index in [0.717, 1.165) is 27.7 Å². The second-order valence-corrected chi connectivity index (χ2v) is 7.33. The molecule has 2 heterocycles. The molecule has 0 radical (unpaired) electrons. The summed E-state index contributed by atoms with van der Waals surface area (Å²) in [5.41, 5.74) is 4.01. The molecule has 4 aromatic rings. The van der Waals surface area contributed by atoms with Crippen LogP contribution in [0, 0.1) is 0 Å². The van der Waals surface area contributed by atoms with Crippen LogP contribution >= 0.6 is 8.25 Å². The number of hydrogen-bond acceptors (Lipinski definition) is 7. The van der Waals surface area contributed by atoms with E-state index in [1.165, 1.54) is 0 Å². The smallest absolute Gasteiger partial charge is 0.316 e. The van der Waals surface area contributed by atoms with Gasteiger partial charge in [0, 0.05) is 17.2 Å². The van der Waals surface area contributed by atoms with Gasteiger partial charge in [-0.1, -0.05) is 34.6 Å². The van der Waals surface area contributed by atoms with Crippen molar-refractivity contribution in [3.63, 3.8) is 0 Å². The van der Waals surface area contributed by atoms with E-state index in [4.69, 9.17) is 13.9 Å². The van der Waals surface area contributed by atoms with Crippen molar-refractivity contribution >= 4 is 19.3 Å². The molecule has 0 aliphatic carbocycles. The summed E-state index contributed by atoms with van der Waals surface area (Å²) >= 11 is 0. The summed E-state index contributed by atoms with van der Waals surface area (Å²) in [4.78, 5) is 13.2. The van der Waals surface area contributed by atoms with E-state index in [2.05, 4.69) is 20.5 Å². The molecule has 0 spiro atoms. The minimum Gasteiger partial charge on any atom is -0.334 e. The quantitative estimate of drug-likeness (QED) is 0.489. The molecule has 28 heavy (non-hydrogen) atoms. The van der Waals surface area contributed by atoms with Crippen molar-refractivity contribution in [3.8, 4) is 22.8 Å². The SMILES string of the molecule is CC(C)n1nnc2cc(-c3nc(-c4ccc(CO[PH](=O)O)cc4)no3)ccc21. The average Bonchev–Trinajstić information content (AvgIpc) is 3.33. The Kier molecular flexibility index (Phi) is 5.04. The van der Waals surface area contributed by atoms with Crippen LogP contribution in [0.5, 0.6) is 0 Å². The summed E-state index contributed by atoms with van der Waals surface area (Å²) in [6.07, 6.45) is 0. The number of aromatic nitrogens is 5. The van der Waals surface area contributed by atoms with Crippen LogP contribution < -0.4 is 0 Å². The Morgan fingerprint density at radius 1 is 1.18 bits per heavy atom. The van der Waals surface area contributed by atoms with E-state index in [1.54, 1.807) is 24.3 Å². The zero-order valence-electron chi connectivity index (χ0n) is 15.2. The Bertz CT molecular complexity index is 1140. The molecule has 9 nitrogen and oxygen atoms in total. The normalized spacial score (nSPS) is 12.7. The molecular formula is C18H18N5O4P. The molecule has 0 aliphatic rings. The lowest BCUT2D eigenvalue weighted by Crippen LogP contribution is -2.02. The van der Waals surface area contributed by atoms with Crippen molar-refractivity contribution in [2.75, 3.05) is 0 Å². The van der Waals surface area contributed by atoms with E-state index in [1.807, 2.05) is 36.7 Å². The first kappa shape index (κ1) is 18.5. The number of nitrogens with zero attached hydrogens (tertiary/aromatic N) is 5. The van der Waals surface area contributed by atoms with Crippen LogP contribution in [0.1, 0.15) is 25.5 Å². The summed E-state index contributed by atoms with van der Waals surface area (Å²) in [6, 6.07) is 13.1. The van der Waals surface area contributed by atoms with Gasteiger partial charge in [-0.3, -0.25) is 4.57 Å². The van der Waals surface area contributed by atoms with Gasteiger partial charge >= 0.3 is 8.25 Å². The third-order valence-electron chi connectivity index (χ3n) is 4.21. The molecule has 2 aromatic heterocycles. The standard InChI is InChI=1S/C18H18N5O4P/c1-11(2)23-16-8-7-14(9-15(16)20-22-23)18-19-17(21-27-18)13-5-3-12(4-6-13)10-26-28(24)25/h3-9,11,28H,10H2,1-2H3,(H,24,25). The summed E-state index contributed by atoms with van der Waals surface area (Å²) < 4.78 is 22.6. The molecule has 0 bridgehead atoms. The lowest BCUT2D eigenvalue weighted by atomic mass is 10.1. The second kappa shape index (κ2) is 7.63. The summed E-state index contributed by atoms with van der Waals surface area (Å²) in [6.45, 7) is 4.17. The van der Waals surface area contributed by atoms with Crippen molar-refractivity contribution in [1.82, 2.24) is 25.1 Å². The first-order valence-corrected chi connectivity index (χ1v) is 9.91. The molecule has 1 unspecified atom stereocenters. The fourth-order valence-corrected chi connectivity index (χ4v) is 3.10. The van der Waals surface area contributed by atoms with Crippen molar-refractivity contribution in [3.05, 3.63) is 48.0 Å². The van der Waals surface area contributed by atoms with E-state index in [0.29, 0.717) is 11.7 Å². The largest absolute Gasteiger partial charge is 0.334 e. The van der Waals surface area contributed by atoms with Crippen LogP contribution in [0.4, 0.5) is 0 Å². The first-order valence-electron chi connectivity index (χ1n) is 8.65. The predicted molar refractivity (Wildman–Crippen MR) is 103 cm³/mol. The van der Waals surface area contributed by atoms with Crippen molar-refractivity contribution in [2.45, 2.75) is 26.5 Å². The predicted octanol–water partition coefficient (Wildman–Crippen LogP) is 3.63. The minimum atomic E-state index is -2.94. The zero-order chi connectivity index (χ0) is 19.7. The van der Waals surface area contributed by atoms with Gasteiger partial charge in [0.2, 0.25) is 5.82 Å². The van der Waals surface area contributed by atoms with Crippen LogP contribution in [-0.2, 0) is 15.7 Å². The summed E-state index contributed by atoms with van der Waals surface area (Å²) in [7, 11) is -2.94. The second-order valence-electron chi connectivity index (χ2n) is 6.51. The van der Waals surface area contributed by atoms with Gasteiger partial charge in [0.05, 0.1) is 12.1 Å².